The van der Waals surface area contributed by atoms with Gasteiger partial charge in [0.25, 0.3) is 0 Å². The lowest BCUT2D eigenvalue weighted by Crippen LogP contribution is -2.75. The highest BCUT2D eigenvalue weighted by Crippen LogP contribution is 2.76. The second-order valence-corrected chi connectivity index (χ2v) is 13.5. The van der Waals surface area contributed by atoms with Crippen molar-refractivity contribution in [3.8, 4) is 0 Å². The van der Waals surface area contributed by atoms with E-state index in [1.165, 1.54) is 6.08 Å². The number of cyclic esters (lactones) is 1. The molecule has 0 bridgehead atoms. The highest BCUT2D eigenvalue weighted by Gasteiger charge is 2.88. The smallest absolute Gasteiger partial charge is 0.331 e. The number of Topliss-reactive ketones (excluding diaryl/α,β-unsaturated/α-hetero) is 1. The molecule has 4 aliphatic carbocycles. The third-order valence-electron chi connectivity index (χ3n) is 11.6. The summed E-state index contributed by atoms with van der Waals surface area (Å²) in [6.45, 7) is 5.40. The predicted molar refractivity (Wildman–Crippen MR) is 134 cm³/mol. The second kappa shape index (κ2) is 8.44. The molecule has 7 aliphatic rings. The van der Waals surface area contributed by atoms with Gasteiger partial charge in [0.2, 0.25) is 0 Å². The normalized spacial score (nSPS) is 56.8. The van der Waals surface area contributed by atoms with E-state index < -0.39 is 88.5 Å². The van der Waals surface area contributed by atoms with Gasteiger partial charge < -0.3 is 44.5 Å². The fraction of sp³-hybridized carbons (Fsp3) is 0.793. The van der Waals surface area contributed by atoms with Crippen molar-refractivity contribution in [2.24, 2.45) is 22.7 Å². The molecule has 5 N–H and O–H groups in total. The molecule has 40 heavy (non-hydrogen) atoms. The number of carbonyl (C=O) groups is 2. The predicted octanol–water partition coefficient (Wildman–Crippen LogP) is -0.343. The number of fused-ring (bicyclic) bond motifs is 3. The zero-order chi connectivity index (χ0) is 28.6. The van der Waals surface area contributed by atoms with E-state index in [1.54, 1.807) is 19.9 Å². The molecule has 14 atom stereocenters. The molecule has 3 saturated carbocycles. The zero-order valence-corrected chi connectivity index (χ0v) is 22.9. The van der Waals surface area contributed by atoms with E-state index in [1.807, 2.05) is 6.92 Å². The number of carbonyl (C=O) groups excluding carboxylic acids is 2. The maximum absolute atomic E-state index is 14.1. The van der Waals surface area contributed by atoms with Gasteiger partial charge >= 0.3 is 5.97 Å². The Morgan fingerprint density at radius 1 is 1.10 bits per heavy atom. The Morgan fingerprint density at radius 2 is 1.85 bits per heavy atom. The minimum atomic E-state index is -1.58. The van der Waals surface area contributed by atoms with Crippen LogP contribution >= 0.6 is 0 Å². The summed E-state index contributed by atoms with van der Waals surface area (Å²) in [6, 6.07) is 0. The van der Waals surface area contributed by atoms with Gasteiger partial charge in [-0.25, -0.2) is 4.79 Å². The van der Waals surface area contributed by atoms with E-state index in [0.717, 1.165) is 5.57 Å². The van der Waals surface area contributed by atoms with Crippen LogP contribution in [0.5, 0.6) is 0 Å². The van der Waals surface area contributed by atoms with Crippen molar-refractivity contribution in [3.05, 3.63) is 23.3 Å². The van der Waals surface area contributed by atoms with Crippen LogP contribution in [0.2, 0.25) is 0 Å². The topological polar surface area (TPSA) is 176 Å². The number of epoxide rings is 1. The molecule has 0 aromatic carbocycles. The zero-order valence-electron chi connectivity index (χ0n) is 22.9. The summed E-state index contributed by atoms with van der Waals surface area (Å²) in [5, 5.41) is 56.1. The average Bonchev–Trinajstić information content (AvgIpc) is 3.33. The van der Waals surface area contributed by atoms with Gasteiger partial charge in [0.15, 0.2) is 12.1 Å². The molecule has 3 aliphatic heterocycles. The van der Waals surface area contributed by atoms with Crippen molar-refractivity contribution in [2.45, 2.75) is 113 Å². The van der Waals surface area contributed by atoms with E-state index in [0.29, 0.717) is 18.4 Å². The number of rotatable bonds is 3. The van der Waals surface area contributed by atoms with Crippen molar-refractivity contribution < 1.29 is 54.1 Å². The van der Waals surface area contributed by atoms with Gasteiger partial charge in [0.1, 0.15) is 36.1 Å². The Bertz CT molecular complexity index is 1210. The summed E-state index contributed by atoms with van der Waals surface area (Å²) in [7, 11) is 0. The lowest BCUT2D eigenvalue weighted by atomic mass is 9.43. The van der Waals surface area contributed by atoms with Crippen molar-refractivity contribution in [1.29, 1.82) is 0 Å². The first-order valence-electron chi connectivity index (χ1n) is 14.3. The van der Waals surface area contributed by atoms with Crippen LogP contribution in [0.25, 0.3) is 0 Å². The molecule has 3 heterocycles. The van der Waals surface area contributed by atoms with Crippen LogP contribution in [0.4, 0.5) is 0 Å². The number of aliphatic hydroxyl groups excluding tert-OH is 4. The van der Waals surface area contributed by atoms with Crippen LogP contribution in [0.3, 0.4) is 0 Å². The molecule has 2 saturated heterocycles. The van der Waals surface area contributed by atoms with Crippen molar-refractivity contribution in [3.63, 3.8) is 0 Å². The molecule has 0 aromatic heterocycles. The highest BCUT2D eigenvalue weighted by atomic mass is 16.7. The fourth-order valence-corrected chi connectivity index (χ4v) is 9.55. The SMILES string of the molecule is C[C@@H]1C[C@@H](O)[C@@H](O)[C@H](O[C@@H]2C=C3C[C@@H]4O[C@]45[C@@H]([C@H](O)C(=O)[C@]4(C)[C@@H](C6=CC(=O)OC6)CC[C@]54O)[C@@]3(C)C[C@H]2O)O1. The molecular formula is C29H38O11. The summed E-state index contributed by atoms with van der Waals surface area (Å²) in [4.78, 5) is 26.0. The summed E-state index contributed by atoms with van der Waals surface area (Å²) in [6.07, 6.45) is -2.89. The average molecular weight is 563 g/mol. The molecule has 0 aromatic rings. The molecule has 0 radical (unpaired) electrons. The lowest BCUT2D eigenvalue weighted by Gasteiger charge is -2.61. The number of hydrogen-bond acceptors (Lipinski definition) is 11. The molecule has 0 unspecified atom stereocenters. The molecule has 0 amide bonds. The maximum atomic E-state index is 14.1. The van der Waals surface area contributed by atoms with Crippen LogP contribution in [-0.4, -0.2) is 104 Å². The van der Waals surface area contributed by atoms with E-state index >= 15 is 0 Å². The minimum absolute atomic E-state index is 0.0622. The van der Waals surface area contributed by atoms with E-state index in [-0.39, 0.29) is 32.0 Å². The molecule has 220 valence electrons. The molecule has 11 heteroatoms. The second-order valence-electron chi connectivity index (χ2n) is 13.5. The first kappa shape index (κ1) is 27.2. The summed E-state index contributed by atoms with van der Waals surface area (Å²) in [5.74, 6) is -2.23. The molecule has 7 rings (SSSR count). The van der Waals surface area contributed by atoms with E-state index in [9.17, 15) is 35.1 Å². The Morgan fingerprint density at radius 3 is 2.55 bits per heavy atom. The van der Waals surface area contributed by atoms with Gasteiger partial charge in [-0.3, -0.25) is 4.79 Å². The van der Waals surface area contributed by atoms with Crippen molar-refractivity contribution >= 4 is 11.8 Å². The largest absolute Gasteiger partial charge is 0.458 e. The molecule has 5 fully saturated rings. The number of hydrogen-bond donors (Lipinski definition) is 5. The van der Waals surface area contributed by atoms with Crippen molar-refractivity contribution in [1.82, 2.24) is 0 Å². The lowest BCUT2D eigenvalue weighted by molar-refractivity contribution is -0.282. The van der Waals surface area contributed by atoms with Gasteiger partial charge in [-0.1, -0.05) is 18.6 Å². The Kier molecular flexibility index (Phi) is 5.73. The Hall–Kier alpha value is -1.70. The monoisotopic (exact) mass is 562 g/mol. The van der Waals surface area contributed by atoms with Gasteiger partial charge in [0.05, 0.1) is 29.8 Å². The number of ether oxygens (including phenoxy) is 4. The maximum Gasteiger partial charge on any atom is 0.331 e. The van der Waals surface area contributed by atoms with Crippen LogP contribution in [0.1, 0.15) is 52.9 Å². The van der Waals surface area contributed by atoms with Crippen LogP contribution < -0.4 is 0 Å². The van der Waals surface area contributed by atoms with Crippen molar-refractivity contribution in [2.75, 3.05) is 6.61 Å². The van der Waals surface area contributed by atoms with Crippen LogP contribution in [-0.2, 0) is 28.5 Å². The number of esters is 1. The van der Waals surface area contributed by atoms with Gasteiger partial charge in [0, 0.05) is 18.4 Å². The summed E-state index contributed by atoms with van der Waals surface area (Å²) in [5.41, 5.74) is -3.53. The Balaban J connectivity index is 1.23. The number of ketones is 1. The minimum Gasteiger partial charge on any atom is -0.458 e. The van der Waals surface area contributed by atoms with Gasteiger partial charge in [-0.15, -0.1) is 0 Å². The van der Waals surface area contributed by atoms with Gasteiger partial charge in [-0.05, 0) is 56.4 Å². The van der Waals surface area contributed by atoms with E-state index in [4.69, 9.17) is 18.9 Å². The van der Waals surface area contributed by atoms with Gasteiger partial charge in [-0.2, -0.15) is 0 Å². The fourth-order valence-electron chi connectivity index (χ4n) is 9.55. The highest BCUT2D eigenvalue weighted by molar-refractivity contribution is 5.94. The molecule has 1 spiro atoms. The first-order chi connectivity index (χ1) is 18.8. The summed E-state index contributed by atoms with van der Waals surface area (Å²) >= 11 is 0. The molecular weight excluding hydrogens is 524 g/mol. The number of aliphatic hydroxyl groups is 5. The van der Waals surface area contributed by atoms with E-state index in [2.05, 4.69) is 0 Å². The van der Waals surface area contributed by atoms with Crippen LogP contribution in [0, 0.1) is 22.7 Å². The molecule has 11 nitrogen and oxygen atoms in total. The standard InChI is InChI=1S/C29H38O11/c1-12-6-16(30)21(33)25(38-12)39-18-8-14-9-19-29(40-19)23(26(14,2)10-17(18)31)22(34)24(35)27(3)15(4-5-28(27,29)36)13-7-20(32)37-11-13/h7-8,12,15-19,21-23,25,30-31,33-34,36H,4-6,9-11H2,1-3H3/t12-,15-,16-,17-,18-,19+,21-,22+,23+,25+,26+,27+,28-,29+/m1/s1. The first-order valence-corrected chi connectivity index (χ1v) is 14.3. The third kappa shape index (κ3) is 3.18. The third-order valence-corrected chi connectivity index (χ3v) is 11.6. The Labute approximate surface area is 231 Å². The quantitative estimate of drug-likeness (QED) is 0.173. The summed E-state index contributed by atoms with van der Waals surface area (Å²) < 4.78 is 23.2. The van der Waals surface area contributed by atoms with Crippen LogP contribution in [0.15, 0.2) is 23.3 Å².